The maximum atomic E-state index is 12.7. The van der Waals surface area contributed by atoms with E-state index in [-0.39, 0.29) is 26.1 Å². The molecule has 0 saturated heterocycles. The van der Waals surface area contributed by atoms with E-state index in [0.717, 1.165) is 96.3 Å². The quantitative estimate of drug-likeness (QED) is 0.0213. The number of esters is 2. The molecule has 0 heterocycles. The topological polar surface area (TPSA) is 108 Å². The van der Waals surface area contributed by atoms with Crippen molar-refractivity contribution in [3.63, 3.8) is 0 Å². The molecule has 2 atom stereocenters. The lowest BCUT2D eigenvalue weighted by atomic mass is 10.1. The molecule has 2 unspecified atom stereocenters. The Labute approximate surface area is 378 Å². The summed E-state index contributed by atoms with van der Waals surface area (Å²) in [6.07, 6.45) is 59.7. The molecule has 0 aromatic heterocycles. The number of rotatable bonds is 40. The number of unbranched alkanes of at least 4 members (excludes halogenated alkanes) is 6. The monoisotopic (exact) mass is 883 g/mol. The number of hydrogen-bond donors (Lipinski definition) is 1. The van der Waals surface area contributed by atoms with Crippen LogP contribution in [0.4, 0.5) is 0 Å². The first kappa shape index (κ1) is 58.4. The number of likely N-dealkylation sites (N-methyl/N-ethyl adjacent to an activating group) is 1. The smallest absolute Gasteiger partial charge is 0.462 e. The molecule has 0 aromatic rings. The first-order chi connectivity index (χ1) is 30.0. The Balaban J connectivity index is 4.49. The third-order valence-electron chi connectivity index (χ3n) is 8.99. The van der Waals surface area contributed by atoms with E-state index in [4.69, 9.17) is 18.5 Å². The fraction of sp³-hybridized carbons (Fsp3) is 0.577. The van der Waals surface area contributed by atoms with E-state index in [1.807, 2.05) is 27.2 Å². The summed E-state index contributed by atoms with van der Waals surface area (Å²) in [6, 6.07) is 0. The lowest BCUT2D eigenvalue weighted by molar-refractivity contribution is -0.870. The standard InChI is InChI=1S/C52H84NO8P/c1-6-8-10-12-14-16-18-20-22-23-24-25-26-27-28-29-31-33-35-37-39-41-43-45-52(55)61-50(49-60-62(56,57)59-47-46-53(3,4)5)48-58-51(54)44-42-40-38-36-34-32-30-21-19-17-15-13-11-9-7-2/h8-11,14-17,20-22,24-25,27-28,30-31,33,37,39,50H,6-7,12-13,18-19,23,26,29,32,34-36,38,40-49H2,1-5H3/p+1/b10-8-,11-9-,16-14-,17-15-,22-20-,25-24-,28-27-,30-21-,33-31-,39-37-. The molecule has 350 valence electrons. The van der Waals surface area contributed by atoms with Gasteiger partial charge in [-0.05, 0) is 96.3 Å². The second-order valence-electron chi connectivity index (χ2n) is 16.0. The van der Waals surface area contributed by atoms with Crippen molar-refractivity contribution < 1.29 is 42.1 Å². The molecule has 62 heavy (non-hydrogen) atoms. The van der Waals surface area contributed by atoms with Crippen molar-refractivity contribution >= 4 is 19.8 Å². The molecule has 0 saturated carbocycles. The fourth-order valence-corrected chi connectivity index (χ4v) is 6.17. The van der Waals surface area contributed by atoms with Crippen LogP contribution in [0.2, 0.25) is 0 Å². The number of ether oxygens (including phenoxy) is 2. The highest BCUT2D eigenvalue weighted by Gasteiger charge is 2.27. The van der Waals surface area contributed by atoms with Crippen molar-refractivity contribution in [1.82, 2.24) is 0 Å². The molecule has 0 aliphatic heterocycles. The third kappa shape index (κ3) is 45.9. The Morgan fingerprint density at radius 1 is 0.500 bits per heavy atom. The molecule has 0 aliphatic rings. The average molecular weight is 883 g/mol. The van der Waals surface area contributed by atoms with Crippen LogP contribution in [0.15, 0.2) is 122 Å². The van der Waals surface area contributed by atoms with Gasteiger partial charge in [0.1, 0.15) is 19.8 Å². The van der Waals surface area contributed by atoms with Gasteiger partial charge in [0.2, 0.25) is 0 Å². The van der Waals surface area contributed by atoms with Gasteiger partial charge in [0.25, 0.3) is 0 Å². The minimum absolute atomic E-state index is 0.00997. The average Bonchev–Trinajstić information content (AvgIpc) is 3.23. The van der Waals surface area contributed by atoms with Crippen molar-refractivity contribution in [2.24, 2.45) is 0 Å². The molecule has 0 rings (SSSR count). The van der Waals surface area contributed by atoms with E-state index in [1.165, 1.54) is 0 Å². The number of carbonyl (C=O) groups excluding carboxylic acids is 2. The highest BCUT2D eigenvalue weighted by atomic mass is 31.2. The van der Waals surface area contributed by atoms with Crippen LogP contribution >= 0.6 is 7.82 Å². The van der Waals surface area contributed by atoms with Gasteiger partial charge in [-0.15, -0.1) is 0 Å². The summed E-state index contributed by atoms with van der Waals surface area (Å²) in [5.41, 5.74) is 0. The fourth-order valence-electron chi connectivity index (χ4n) is 5.43. The maximum Gasteiger partial charge on any atom is 0.472 e. The molecule has 9 nitrogen and oxygen atoms in total. The van der Waals surface area contributed by atoms with E-state index in [2.05, 4.69) is 129 Å². The minimum Gasteiger partial charge on any atom is -0.462 e. The Bertz CT molecular complexity index is 1460. The molecule has 1 N–H and O–H groups in total. The van der Waals surface area contributed by atoms with E-state index >= 15 is 0 Å². The van der Waals surface area contributed by atoms with Gasteiger partial charge >= 0.3 is 19.8 Å². The Hall–Kier alpha value is -3.59. The molecule has 10 heteroatoms. The summed E-state index contributed by atoms with van der Waals surface area (Å²) in [5.74, 6) is -0.902. The molecule has 0 aromatic carbocycles. The Kier molecular flexibility index (Phi) is 40.2. The van der Waals surface area contributed by atoms with E-state index in [0.29, 0.717) is 30.3 Å². The molecule has 0 bridgehead atoms. The minimum atomic E-state index is -4.41. The van der Waals surface area contributed by atoms with Crippen molar-refractivity contribution in [2.45, 2.75) is 148 Å². The van der Waals surface area contributed by atoms with Gasteiger partial charge in [0.05, 0.1) is 27.7 Å². The first-order valence-corrected chi connectivity index (χ1v) is 24.8. The van der Waals surface area contributed by atoms with Gasteiger partial charge in [-0.1, -0.05) is 155 Å². The van der Waals surface area contributed by atoms with Gasteiger partial charge in [0, 0.05) is 12.8 Å². The molecule has 0 aliphatic carbocycles. The van der Waals surface area contributed by atoms with Gasteiger partial charge in [-0.2, -0.15) is 0 Å². The highest BCUT2D eigenvalue weighted by molar-refractivity contribution is 7.47. The zero-order valence-corrected chi connectivity index (χ0v) is 40.2. The Morgan fingerprint density at radius 3 is 1.34 bits per heavy atom. The maximum absolute atomic E-state index is 12.7. The number of carbonyl (C=O) groups is 2. The Morgan fingerprint density at radius 2 is 0.887 bits per heavy atom. The molecule has 0 fully saturated rings. The summed E-state index contributed by atoms with van der Waals surface area (Å²) in [5, 5.41) is 0. The van der Waals surface area contributed by atoms with E-state index in [1.54, 1.807) is 0 Å². The number of phosphoric acid groups is 1. The summed E-state index contributed by atoms with van der Waals surface area (Å²) in [4.78, 5) is 35.4. The second-order valence-corrected chi connectivity index (χ2v) is 17.5. The molecular weight excluding hydrogens is 798 g/mol. The van der Waals surface area contributed by atoms with Crippen LogP contribution in [0.1, 0.15) is 142 Å². The summed E-state index contributed by atoms with van der Waals surface area (Å²) in [6.45, 7) is 4.07. The number of phosphoric ester groups is 1. The number of hydrogen-bond acceptors (Lipinski definition) is 7. The van der Waals surface area contributed by atoms with Gasteiger partial charge in [0.15, 0.2) is 6.10 Å². The second kappa shape index (κ2) is 42.7. The van der Waals surface area contributed by atoms with Crippen LogP contribution in [-0.4, -0.2) is 74.9 Å². The number of quaternary nitrogens is 1. The first-order valence-electron chi connectivity index (χ1n) is 23.3. The van der Waals surface area contributed by atoms with Crippen LogP contribution in [0.5, 0.6) is 0 Å². The summed E-state index contributed by atoms with van der Waals surface area (Å²) < 4.78 is 34.3. The van der Waals surface area contributed by atoms with E-state index in [9.17, 15) is 19.0 Å². The van der Waals surface area contributed by atoms with Gasteiger partial charge in [-0.3, -0.25) is 18.6 Å². The van der Waals surface area contributed by atoms with Crippen LogP contribution in [0, 0.1) is 0 Å². The normalized spacial score (nSPS) is 14.6. The SMILES string of the molecule is CC/C=C\C/C=C\C/C=C\C/C=C\C/C=C\C/C=C\C/C=C\CCCC(=O)OC(COC(=O)CCCCCCC/C=C\C/C=C\C/C=C\CC)COP(=O)(O)OCC[N+](C)(C)C. The largest absolute Gasteiger partial charge is 0.472 e. The van der Waals surface area contributed by atoms with Gasteiger partial charge < -0.3 is 18.9 Å². The van der Waals surface area contributed by atoms with Crippen molar-refractivity contribution in [3.8, 4) is 0 Å². The zero-order chi connectivity index (χ0) is 45.7. The van der Waals surface area contributed by atoms with Crippen LogP contribution < -0.4 is 0 Å². The third-order valence-corrected chi connectivity index (χ3v) is 9.97. The van der Waals surface area contributed by atoms with Crippen molar-refractivity contribution in [3.05, 3.63) is 122 Å². The number of allylic oxidation sites excluding steroid dienone is 20. The molecule has 0 amide bonds. The lowest BCUT2D eigenvalue weighted by Gasteiger charge is -2.24. The molecule has 0 radical (unpaired) electrons. The zero-order valence-electron chi connectivity index (χ0n) is 39.3. The molecular formula is C52H85NO8P+. The van der Waals surface area contributed by atoms with Crippen LogP contribution in [0.3, 0.4) is 0 Å². The summed E-state index contributed by atoms with van der Waals surface area (Å²) >= 11 is 0. The predicted molar refractivity (Wildman–Crippen MR) is 261 cm³/mol. The molecule has 0 spiro atoms. The summed E-state index contributed by atoms with van der Waals surface area (Å²) in [7, 11) is 1.40. The van der Waals surface area contributed by atoms with Crippen molar-refractivity contribution in [2.75, 3.05) is 47.5 Å². The highest BCUT2D eigenvalue weighted by Crippen LogP contribution is 2.43. The lowest BCUT2D eigenvalue weighted by Crippen LogP contribution is -2.37. The predicted octanol–water partition coefficient (Wildman–Crippen LogP) is 13.7. The van der Waals surface area contributed by atoms with Crippen LogP contribution in [-0.2, 0) is 32.7 Å². The van der Waals surface area contributed by atoms with Crippen LogP contribution in [0.25, 0.3) is 0 Å². The van der Waals surface area contributed by atoms with Gasteiger partial charge in [-0.25, -0.2) is 4.57 Å². The van der Waals surface area contributed by atoms with Crippen molar-refractivity contribution in [1.29, 1.82) is 0 Å². The number of nitrogens with zero attached hydrogens (tertiary/aromatic N) is 1. The van der Waals surface area contributed by atoms with E-state index < -0.39 is 32.5 Å².